The molecule has 1 unspecified atom stereocenters. The molecular weight excluding hydrogens is 340 g/mol. The van der Waals surface area contributed by atoms with Crippen molar-refractivity contribution in [1.82, 2.24) is 10.2 Å². The molecule has 1 aromatic carbocycles. The van der Waals surface area contributed by atoms with Crippen LogP contribution in [0.5, 0.6) is 0 Å². The number of halogens is 1. The van der Waals surface area contributed by atoms with Gasteiger partial charge < -0.3 is 5.32 Å². The first-order chi connectivity index (χ1) is 11.3. The van der Waals surface area contributed by atoms with Gasteiger partial charge in [0.15, 0.2) is 0 Å². The van der Waals surface area contributed by atoms with Crippen LogP contribution in [0.1, 0.15) is 39.2 Å². The Kier molecular flexibility index (Phi) is 7.45. The summed E-state index contributed by atoms with van der Waals surface area (Å²) >= 11 is 8.14. The Bertz CT molecular complexity index is 544. The van der Waals surface area contributed by atoms with Crippen LogP contribution in [0.3, 0.4) is 0 Å². The van der Waals surface area contributed by atoms with Crippen molar-refractivity contribution >= 4 is 29.3 Å². The van der Waals surface area contributed by atoms with E-state index in [0.717, 1.165) is 55.4 Å². The topological polar surface area (TPSA) is 32.3 Å². The number of nitrogens with zero attached hydrogens (tertiary/aromatic N) is 1. The molecule has 0 radical (unpaired) electrons. The van der Waals surface area contributed by atoms with Gasteiger partial charge in [-0.05, 0) is 31.0 Å². The number of piperidine rings is 1. The SMILES string of the molecule is CC(C)(C)SCCNC(=O)C1CCCN(Cc2ccccc2Cl)C1. The predicted molar refractivity (Wildman–Crippen MR) is 105 cm³/mol. The average Bonchev–Trinajstić information content (AvgIpc) is 2.53. The van der Waals surface area contributed by atoms with E-state index in [0.29, 0.717) is 0 Å². The summed E-state index contributed by atoms with van der Waals surface area (Å²) in [7, 11) is 0. The summed E-state index contributed by atoms with van der Waals surface area (Å²) in [5.41, 5.74) is 1.14. The molecule has 0 aromatic heterocycles. The lowest BCUT2D eigenvalue weighted by molar-refractivity contribution is -0.126. The van der Waals surface area contributed by atoms with Crippen molar-refractivity contribution in [3.8, 4) is 0 Å². The Labute approximate surface area is 155 Å². The highest BCUT2D eigenvalue weighted by atomic mass is 35.5. The van der Waals surface area contributed by atoms with E-state index >= 15 is 0 Å². The van der Waals surface area contributed by atoms with E-state index in [-0.39, 0.29) is 16.6 Å². The second-order valence-electron chi connectivity index (χ2n) is 7.42. The predicted octanol–water partition coefficient (Wildman–Crippen LogP) is 4.20. The number of rotatable bonds is 6. The lowest BCUT2D eigenvalue weighted by Crippen LogP contribution is -2.43. The first-order valence-electron chi connectivity index (χ1n) is 8.72. The van der Waals surface area contributed by atoms with Crippen molar-refractivity contribution < 1.29 is 4.79 Å². The van der Waals surface area contributed by atoms with Gasteiger partial charge in [0.1, 0.15) is 0 Å². The van der Waals surface area contributed by atoms with Crippen molar-refractivity contribution in [2.45, 2.75) is 44.9 Å². The second kappa shape index (κ2) is 9.12. The van der Waals surface area contributed by atoms with Gasteiger partial charge in [-0.25, -0.2) is 0 Å². The molecule has 0 saturated carbocycles. The monoisotopic (exact) mass is 368 g/mol. The van der Waals surface area contributed by atoms with E-state index in [1.54, 1.807) is 0 Å². The minimum absolute atomic E-state index is 0.0980. The van der Waals surface area contributed by atoms with E-state index in [4.69, 9.17) is 11.6 Å². The molecule has 1 aliphatic heterocycles. The number of thioether (sulfide) groups is 1. The molecule has 0 spiro atoms. The maximum atomic E-state index is 12.4. The number of carbonyl (C=O) groups is 1. The van der Waals surface area contributed by atoms with Crippen LogP contribution in [0.2, 0.25) is 5.02 Å². The highest BCUT2D eigenvalue weighted by Gasteiger charge is 2.25. The van der Waals surface area contributed by atoms with Gasteiger partial charge in [0.25, 0.3) is 0 Å². The van der Waals surface area contributed by atoms with Crippen LogP contribution in [0.4, 0.5) is 0 Å². The maximum Gasteiger partial charge on any atom is 0.224 e. The molecule has 24 heavy (non-hydrogen) atoms. The van der Waals surface area contributed by atoms with Gasteiger partial charge in [-0.3, -0.25) is 9.69 Å². The normalized spacial score (nSPS) is 19.2. The molecule has 1 amide bonds. The molecule has 1 fully saturated rings. The van der Waals surface area contributed by atoms with Gasteiger partial charge in [-0.15, -0.1) is 0 Å². The molecule has 0 bridgehead atoms. The van der Waals surface area contributed by atoms with Crippen LogP contribution < -0.4 is 5.32 Å². The highest BCUT2D eigenvalue weighted by Crippen LogP contribution is 2.23. The molecule has 1 heterocycles. The zero-order chi connectivity index (χ0) is 17.6. The molecule has 1 aliphatic rings. The number of hydrogen-bond donors (Lipinski definition) is 1. The van der Waals surface area contributed by atoms with Crippen LogP contribution >= 0.6 is 23.4 Å². The van der Waals surface area contributed by atoms with Crippen LogP contribution in [-0.2, 0) is 11.3 Å². The first-order valence-corrected chi connectivity index (χ1v) is 10.1. The van der Waals surface area contributed by atoms with Gasteiger partial charge >= 0.3 is 0 Å². The molecular formula is C19H29ClN2OS. The third kappa shape index (κ3) is 6.66. The third-order valence-electron chi connectivity index (χ3n) is 4.16. The second-order valence-corrected chi connectivity index (χ2v) is 9.75. The lowest BCUT2D eigenvalue weighted by Gasteiger charge is -2.32. The van der Waals surface area contributed by atoms with E-state index in [9.17, 15) is 4.79 Å². The highest BCUT2D eigenvalue weighted by molar-refractivity contribution is 8.00. The van der Waals surface area contributed by atoms with Gasteiger partial charge in [0, 0.05) is 35.2 Å². The van der Waals surface area contributed by atoms with Crippen LogP contribution in [-0.4, -0.2) is 40.9 Å². The number of nitrogens with one attached hydrogen (secondary N) is 1. The molecule has 1 atom stereocenters. The minimum atomic E-state index is 0.0980. The Hall–Kier alpha value is -0.710. The molecule has 1 aromatic rings. The number of likely N-dealkylation sites (tertiary alicyclic amines) is 1. The summed E-state index contributed by atoms with van der Waals surface area (Å²) in [6.07, 6.45) is 2.05. The van der Waals surface area contributed by atoms with Crippen LogP contribution in [0.15, 0.2) is 24.3 Å². The largest absolute Gasteiger partial charge is 0.355 e. The lowest BCUT2D eigenvalue weighted by atomic mass is 9.96. The summed E-state index contributed by atoms with van der Waals surface area (Å²) < 4.78 is 0.251. The Morgan fingerprint density at radius 3 is 2.83 bits per heavy atom. The summed E-state index contributed by atoms with van der Waals surface area (Å²) in [4.78, 5) is 14.8. The third-order valence-corrected chi connectivity index (χ3v) is 5.81. The van der Waals surface area contributed by atoms with Crippen molar-refractivity contribution in [1.29, 1.82) is 0 Å². The van der Waals surface area contributed by atoms with Gasteiger partial charge in [0.2, 0.25) is 5.91 Å². The van der Waals surface area contributed by atoms with Crippen molar-refractivity contribution in [3.05, 3.63) is 34.9 Å². The summed E-state index contributed by atoms with van der Waals surface area (Å²) in [6.45, 7) is 10.0. The van der Waals surface area contributed by atoms with Gasteiger partial charge in [-0.1, -0.05) is 50.6 Å². The fourth-order valence-corrected chi connectivity index (χ4v) is 3.97. The standard InChI is InChI=1S/C19H29ClN2OS/c1-19(2,3)24-12-10-21-18(23)16-8-6-11-22(14-16)13-15-7-4-5-9-17(15)20/h4-5,7,9,16H,6,8,10-14H2,1-3H3,(H,21,23). The Morgan fingerprint density at radius 1 is 1.38 bits per heavy atom. The van der Waals surface area contributed by atoms with Gasteiger partial charge in [0.05, 0.1) is 5.92 Å². The fraction of sp³-hybridized carbons (Fsp3) is 0.632. The molecule has 134 valence electrons. The zero-order valence-corrected chi connectivity index (χ0v) is 16.6. The summed E-state index contributed by atoms with van der Waals surface area (Å²) in [5.74, 6) is 1.26. The number of amides is 1. The molecule has 2 rings (SSSR count). The van der Waals surface area contributed by atoms with E-state index in [2.05, 4.69) is 37.1 Å². The van der Waals surface area contributed by atoms with Crippen molar-refractivity contribution in [3.63, 3.8) is 0 Å². The van der Waals surface area contributed by atoms with E-state index < -0.39 is 0 Å². The van der Waals surface area contributed by atoms with Crippen molar-refractivity contribution in [2.24, 2.45) is 5.92 Å². The van der Waals surface area contributed by atoms with Crippen molar-refractivity contribution in [2.75, 3.05) is 25.4 Å². The molecule has 0 aliphatic carbocycles. The minimum Gasteiger partial charge on any atom is -0.355 e. The first kappa shape index (κ1) is 19.6. The fourth-order valence-electron chi connectivity index (χ4n) is 2.96. The maximum absolute atomic E-state index is 12.4. The number of benzene rings is 1. The quantitative estimate of drug-likeness (QED) is 0.764. The molecule has 1 N–H and O–H groups in total. The summed E-state index contributed by atoms with van der Waals surface area (Å²) in [5, 5.41) is 3.92. The Balaban J connectivity index is 1.78. The zero-order valence-electron chi connectivity index (χ0n) is 15.0. The smallest absolute Gasteiger partial charge is 0.224 e. The molecule has 3 nitrogen and oxygen atoms in total. The number of carbonyl (C=O) groups excluding carboxylic acids is 1. The summed E-state index contributed by atoms with van der Waals surface area (Å²) in [6, 6.07) is 7.96. The van der Waals surface area contributed by atoms with Crippen LogP contribution in [0.25, 0.3) is 0 Å². The van der Waals surface area contributed by atoms with E-state index in [1.807, 2.05) is 30.0 Å². The number of hydrogen-bond acceptors (Lipinski definition) is 3. The average molecular weight is 369 g/mol. The van der Waals surface area contributed by atoms with Gasteiger partial charge in [-0.2, -0.15) is 11.8 Å². The van der Waals surface area contributed by atoms with Crippen LogP contribution in [0, 0.1) is 5.92 Å². The Morgan fingerprint density at radius 2 is 2.12 bits per heavy atom. The van der Waals surface area contributed by atoms with E-state index in [1.165, 1.54) is 0 Å². The molecule has 1 saturated heterocycles. The molecule has 5 heteroatoms.